The van der Waals surface area contributed by atoms with E-state index in [1.807, 2.05) is 13.8 Å². The first kappa shape index (κ1) is 13.3. The fourth-order valence-electron chi connectivity index (χ4n) is 3.04. The minimum atomic E-state index is -0.960. The van der Waals surface area contributed by atoms with Crippen molar-refractivity contribution in [1.82, 2.24) is 5.32 Å². The summed E-state index contributed by atoms with van der Waals surface area (Å²) in [5.74, 6) is -1.13. The maximum absolute atomic E-state index is 12.3. The number of rotatable bonds is 5. The van der Waals surface area contributed by atoms with Crippen LogP contribution < -0.4 is 5.32 Å². The summed E-state index contributed by atoms with van der Waals surface area (Å²) in [6, 6.07) is -0.779. The lowest BCUT2D eigenvalue weighted by atomic mass is 9.74. The number of amides is 1. The van der Waals surface area contributed by atoms with Gasteiger partial charge in [-0.3, -0.25) is 4.79 Å². The molecule has 0 radical (unpaired) electrons. The largest absolute Gasteiger partial charge is 0.480 e. The molecule has 2 fully saturated rings. The average molecular weight is 255 g/mol. The number of hydrogen-bond donors (Lipinski definition) is 2. The van der Waals surface area contributed by atoms with Gasteiger partial charge in [0.15, 0.2) is 0 Å². The molecule has 0 aromatic carbocycles. The number of aliphatic carboxylic acids is 1. The number of nitrogens with one attached hydrogen (secondary N) is 1. The fourth-order valence-corrected chi connectivity index (χ4v) is 3.04. The molecular formula is C13H21NO4. The van der Waals surface area contributed by atoms with Gasteiger partial charge in [-0.05, 0) is 32.6 Å². The van der Waals surface area contributed by atoms with Crippen LogP contribution in [0, 0.1) is 5.41 Å². The van der Waals surface area contributed by atoms with Crippen LogP contribution in [0.4, 0.5) is 0 Å². The van der Waals surface area contributed by atoms with Crippen molar-refractivity contribution in [1.29, 1.82) is 0 Å². The SMILES string of the molecule is CCCC(NC(=O)C1(C)CC2CCC1O2)C(=O)O. The predicted octanol–water partition coefficient (Wildman–Crippen LogP) is 1.31. The van der Waals surface area contributed by atoms with Crippen molar-refractivity contribution in [2.75, 3.05) is 0 Å². The van der Waals surface area contributed by atoms with Gasteiger partial charge in [0.25, 0.3) is 0 Å². The van der Waals surface area contributed by atoms with Gasteiger partial charge in [-0.15, -0.1) is 0 Å². The Balaban J connectivity index is 2.01. The summed E-state index contributed by atoms with van der Waals surface area (Å²) in [5.41, 5.74) is -0.551. The van der Waals surface area contributed by atoms with Crippen LogP contribution in [-0.4, -0.2) is 35.2 Å². The molecular weight excluding hydrogens is 234 g/mol. The second-order valence-corrected chi connectivity index (χ2v) is 5.60. The lowest BCUT2D eigenvalue weighted by Gasteiger charge is -2.31. The zero-order chi connectivity index (χ0) is 13.3. The average Bonchev–Trinajstić information content (AvgIpc) is 2.88. The molecule has 2 saturated heterocycles. The van der Waals surface area contributed by atoms with E-state index in [0.717, 1.165) is 19.3 Å². The monoisotopic (exact) mass is 255 g/mol. The highest BCUT2D eigenvalue weighted by Gasteiger charge is 2.54. The molecule has 5 nitrogen and oxygen atoms in total. The molecule has 2 rings (SSSR count). The number of fused-ring (bicyclic) bond motifs is 2. The van der Waals surface area contributed by atoms with Gasteiger partial charge in [-0.2, -0.15) is 0 Å². The summed E-state index contributed by atoms with van der Waals surface area (Å²) in [6.07, 6.45) is 3.97. The van der Waals surface area contributed by atoms with Crippen LogP contribution in [0.3, 0.4) is 0 Å². The van der Waals surface area contributed by atoms with Gasteiger partial charge >= 0.3 is 5.97 Å². The van der Waals surface area contributed by atoms with Crippen LogP contribution in [-0.2, 0) is 14.3 Å². The van der Waals surface area contributed by atoms with Crippen molar-refractivity contribution in [3.05, 3.63) is 0 Å². The topological polar surface area (TPSA) is 75.6 Å². The smallest absolute Gasteiger partial charge is 0.326 e. The maximum Gasteiger partial charge on any atom is 0.326 e. The Bertz CT molecular complexity index is 357. The van der Waals surface area contributed by atoms with E-state index < -0.39 is 17.4 Å². The van der Waals surface area contributed by atoms with E-state index in [1.165, 1.54) is 0 Å². The van der Waals surface area contributed by atoms with Crippen molar-refractivity contribution in [2.45, 2.75) is 64.2 Å². The first-order chi connectivity index (χ1) is 8.47. The van der Waals surface area contributed by atoms with Crippen LogP contribution in [0.15, 0.2) is 0 Å². The lowest BCUT2D eigenvalue weighted by Crippen LogP contribution is -2.50. The molecule has 2 aliphatic rings. The molecule has 0 spiro atoms. The van der Waals surface area contributed by atoms with Gasteiger partial charge in [0, 0.05) is 0 Å². The minimum Gasteiger partial charge on any atom is -0.480 e. The van der Waals surface area contributed by atoms with E-state index in [2.05, 4.69) is 5.32 Å². The number of hydrogen-bond acceptors (Lipinski definition) is 3. The molecule has 102 valence electrons. The molecule has 0 aromatic heterocycles. The Morgan fingerprint density at radius 1 is 1.50 bits per heavy atom. The van der Waals surface area contributed by atoms with Gasteiger partial charge in [0.1, 0.15) is 6.04 Å². The second-order valence-electron chi connectivity index (χ2n) is 5.60. The molecule has 2 bridgehead atoms. The third-order valence-corrected chi connectivity index (χ3v) is 4.17. The summed E-state index contributed by atoms with van der Waals surface area (Å²) >= 11 is 0. The predicted molar refractivity (Wildman–Crippen MR) is 65.1 cm³/mol. The lowest BCUT2D eigenvalue weighted by molar-refractivity contribution is -0.144. The molecule has 0 aliphatic carbocycles. The van der Waals surface area contributed by atoms with E-state index >= 15 is 0 Å². The number of carbonyl (C=O) groups is 2. The summed E-state index contributed by atoms with van der Waals surface area (Å²) in [4.78, 5) is 23.4. The van der Waals surface area contributed by atoms with E-state index in [9.17, 15) is 9.59 Å². The molecule has 5 heteroatoms. The Labute approximate surface area is 107 Å². The zero-order valence-electron chi connectivity index (χ0n) is 10.9. The summed E-state index contributed by atoms with van der Waals surface area (Å²) < 4.78 is 5.70. The number of carboxylic acid groups (broad SMARTS) is 1. The van der Waals surface area contributed by atoms with E-state index in [0.29, 0.717) is 12.8 Å². The Morgan fingerprint density at radius 2 is 2.22 bits per heavy atom. The normalized spacial score (nSPS) is 35.4. The highest BCUT2D eigenvalue weighted by molar-refractivity contribution is 5.88. The third-order valence-electron chi connectivity index (χ3n) is 4.17. The second kappa shape index (κ2) is 4.88. The van der Waals surface area contributed by atoms with Crippen molar-refractivity contribution < 1.29 is 19.4 Å². The Kier molecular flexibility index (Phi) is 3.61. The molecule has 2 heterocycles. The molecule has 1 amide bonds. The standard InChI is InChI=1S/C13H21NO4/c1-3-4-9(11(15)16)14-12(17)13(2)7-8-5-6-10(13)18-8/h8-10H,3-7H2,1-2H3,(H,14,17)(H,15,16). The first-order valence-corrected chi connectivity index (χ1v) is 6.66. The van der Waals surface area contributed by atoms with Crippen LogP contribution in [0.1, 0.15) is 46.0 Å². The molecule has 0 saturated carbocycles. The van der Waals surface area contributed by atoms with E-state index in [1.54, 1.807) is 0 Å². The minimum absolute atomic E-state index is 0.0430. The van der Waals surface area contributed by atoms with Gasteiger partial charge < -0.3 is 15.2 Å². The zero-order valence-corrected chi connectivity index (χ0v) is 10.9. The van der Waals surface area contributed by atoms with Gasteiger partial charge in [-0.1, -0.05) is 13.3 Å². The molecule has 2 aliphatic heterocycles. The molecule has 4 atom stereocenters. The quantitative estimate of drug-likeness (QED) is 0.776. The Hall–Kier alpha value is -1.10. The fraction of sp³-hybridized carbons (Fsp3) is 0.846. The highest BCUT2D eigenvalue weighted by atomic mass is 16.5. The first-order valence-electron chi connectivity index (χ1n) is 6.66. The van der Waals surface area contributed by atoms with Crippen molar-refractivity contribution in [3.63, 3.8) is 0 Å². The van der Waals surface area contributed by atoms with Gasteiger partial charge in [-0.25, -0.2) is 4.79 Å². The maximum atomic E-state index is 12.3. The van der Waals surface area contributed by atoms with Crippen molar-refractivity contribution in [3.8, 4) is 0 Å². The van der Waals surface area contributed by atoms with Crippen molar-refractivity contribution in [2.24, 2.45) is 5.41 Å². The molecule has 18 heavy (non-hydrogen) atoms. The summed E-state index contributed by atoms with van der Waals surface area (Å²) in [6.45, 7) is 3.79. The summed E-state index contributed by atoms with van der Waals surface area (Å²) in [7, 11) is 0. The third kappa shape index (κ3) is 2.23. The van der Waals surface area contributed by atoms with Gasteiger partial charge in [0.05, 0.1) is 17.6 Å². The van der Waals surface area contributed by atoms with E-state index in [4.69, 9.17) is 9.84 Å². The van der Waals surface area contributed by atoms with E-state index in [-0.39, 0.29) is 18.1 Å². The highest BCUT2D eigenvalue weighted by Crippen LogP contribution is 2.47. The molecule has 0 aromatic rings. The number of ether oxygens (including phenoxy) is 1. The molecule has 4 unspecified atom stereocenters. The van der Waals surface area contributed by atoms with Crippen LogP contribution >= 0.6 is 0 Å². The Morgan fingerprint density at radius 3 is 2.67 bits per heavy atom. The van der Waals surface area contributed by atoms with Crippen molar-refractivity contribution >= 4 is 11.9 Å². The number of carbonyl (C=O) groups excluding carboxylic acids is 1. The van der Waals surface area contributed by atoms with Gasteiger partial charge in [0.2, 0.25) is 5.91 Å². The van der Waals surface area contributed by atoms with Crippen LogP contribution in [0.2, 0.25) is 0 Å². The van der Waals surface area contributed by atoms with Crippen LogP contribution in [0.5, 0.6) is 0 Å². The van der Waals surface area contributed by atoms with Crippen LogP contribution in [0.25, 0.3) is 0 Å². The summed E-state index contributed by atoms with van der Waals surface area (Å²) in [5, 5.41) is 11.7. The number of carboxylic acids is 1. The molecule has 2 N–H and O–H groups in total.